The summed E-state index contributed by atoms with van der Waals surface area (Å²) in [5.74, 6) is 1.14. The molecular formula is C14H23NO2. The van der Waals surface area contributed by atoms with Gasteiger partial charge in [-0.1, -0.05) is 13.8 Å². The summed E-state index contributed by atoms with van der Waals surface area (Å²) < 4.78 is 5.48. The van der Waals surface area contributed by atoms with E-state index in [-0.39, 0.29) is 12.0 Å². The van der Waals surface area contributed by atoms with Crippen LogP contribution in [0.2, 0.25) is 0 Å². The lowest BCUT2D eigenvalue weighted by molar-refractivity contribution is 0.130. The lowest BCUT2D eigenvalue weighted by atomic mass is 9.87. The van der Waals surface area contributed by atoms with Crippen LogP contribution in [0.3, 0.4) is 0 Å². The van der Waals surface area contributed by atoms with E-state index < -0.39 is 0 Å². The number of aryl methyl sites for hydroxylation is 1. The molecule has 1 aromatic heterocycles. The maximum absolute atomic E-state index is 9.41. The van der Waals surface area contributed by atoms with Crippen LogP contribution in [0, 0.1) is 5.41 Å². The Morgan fingerprint density at radius 1 is 1.59 bits per heavy atom. The largest absolute Gasteiger partial charge is 0.469 e. The first-order valence-corrected chi connectivity index (χ1v) is 6.59. The van der Waals surface area contributed by atoms with Crippen molar-refractivity contribution in [1.29, 1.82) is 0 Å². The van der Waals surface area contributed by atoms with Gasteiger partial charge in [0, 0.05) is 36.6 Å². The molecular weight excluding hydrogens is 214 g/mol. The van der Waals surface area contributed by atoms with Gasteiger partial charge in [0.2, 0.25) is 0 Å². The Hall–Kier alpha value is -0.800. The van der Waals surface area contributed by atoms with Gasteiger partial charge in [0.05, 0.1) is 6.26 Å². The summed E-state index contributed by atoms with van der Waals surface area (Å²) in [6, 6.07) is 2.48. The van der Waals surface area contributed by atoms with Gasteiger partial charge in [-0.15, -0.1) is 0 Å². The van der Waals surface area contributed by atoms with E-state index in [2.05, 4.69) is 25.2 Å². The average Bonchev–Trinajstić information content (AvgIpc) is 2.84. The Balaban J connectivity index is 1.98. The Kier molecular flexibility index (Phi) is 3.89. The van der Waals surface area contributed by atoms with Crippen molar-refractivity contribution in [1.82, 2.24) is 5.32 Å². The van der Waals surface area contributed by atoms with E-state index in [0.717, 1.165) is 31.6 Å². The molecule has 0 amide bonds. The molecule has 96 valence electrons. The molecule has 0 radical (unpaired) electrons. The second-order valence-corrected chi connectivity index (χ2v) is 5.45. The van der Waals surface area contributed by atoms with Crippen molar-refractivity contribution >= 4 is 0 Å². The van der Waals surface area contributed by atoms with Crippen molar-refractivity contribution in [3.05, 3.63) is 23.7 Å². The van der Waals surface area contributed by atoms with Gasteiger partial charge < -0.3 is 14.8 Å². The van der Waals surface area contributed by atoms with Gasteiger partial charge in [0.25, 0.3) is 0 Å². The molecule has 0 aromatic carbocycles. The Bertz CT molecular complexity index is 355. The molecule has 2 N–H and O–H groups in total. The molecule has 0 spiro atoms. The van der Waals surface area contributed by atoms with Crippen LogP contribution in [0.4, 0.5) is 0 Å². The summed E-state index contributed by atoms with van der Waals surface area (Å²) in [6.45, 7) is 5.35. The molecule has 1 heterocycles. The fourth-order valence-corrected chi connectivity index (χ4v) is 2.36. The Labute approximate surface area is 103 Å². The summed E-state index contributed by atoms with van der Waals surface area (Å²) in [6.07, 6.45) is 6.18. The predicted octanol–water partition coefficient (Wildman–Crippen LogP) is 2.66. The molecule has 0 saturated heterocycles. The summed E-state index contributed by atoms with van der Waals surface area (Å²) in [4.78, 5) is 0. The Morgan fingerprint density at radius 2 is 2.41 bits per heavy atom. The van der Waals surface area contributed by atoms with Gasteiger partial charge >= 0.3 is 0 Å². The highest BCUT2D eigenvalue weighted by atomic mass is 16.3. The van der Waals surface area contributed by atoms with E-state index in [4.69, 9.17) is 4.42 Å². The second kappa shape index (κ2) is 5.23. The van der Waals surface area contributed by atoms with Crippen molar-refractivity contribution in [2.24, 2.45) is 5.41 Å². The van der Waals surface area contributed by atoms with E-state index in [1.807, 2.05) is 0 Å². The molecule has 0 saturated carbocycles. The van der Waals surface area contributed by atoms with Crippen molar-refractivity contribution in [2.45, 2.75) is 45.6 Å². The molecule has 3 heteroatoms. The quantitative estimate of drug-likeness (QED) is 0.827. The van der Waals surface area contributed by atoms with Crippen molar-refractivity contribution in [3.63, 3.8) is 0 Å². The molecule has 1 aliphatic carbocycles. The maximum Gasteiger partial charge on any atom is 0.108 e. The molecule has 2 atom stereocenters. The van der Waals surface area contributed by atoms with E-state index in [1.54, 1.807) is 6.26 Å². The van der Waals surface area contributed by atoms with Crippen LogP contribution >= 0.6 is 0 Å². The summed E-state index contributed by atoms with van der Waals surface area (Å²) in [5, 5.41) is 13.0. The molecule has 2 rings (SSSR count). The smallest absolute Gasteiger partial charge is 0.108 e. The number of aliphatic hydroxyl groups is 1. The molecule has 17 heavy (non-hydrogen) atoms. The summed E-state index contributed by atoms with van der Waals surface area (Å²) in [7, 11) is 0. The van der Waals surface area contributed by atoms with Crippen LogP contribution < -0.4 is 5.32 Å². The molecule has 1 aliphatic rings. The van der Waals surface area contributed by atoms with Crippen LogP contribution in [0.1, 0.15) is 50.5 Å². The monoisotopic (exact) mass is 237 g/mol. The molecule has 2 unspecified atom stereocenters. The van der Waals surface area contributed by atoms with Crippen LogP contribution in [0.25, 0.3) is 0 Å². The predicted molar refractivity (Wildman–Crippen MR) is 67.9 cm³/mol. The van der Waals surface area contributed by atoms with Crippen LogP contribution in [-0.4, -0.2) is 18.3 Å². The zero-order valence-electron chi connectivity index (χ0n) is 10.8. The minimum atomic E-state index is -0.0126. The lowest BCUT2D eigenvalue weighted by Crippen LogP contribution is -2.37. The fraction of sp³-hybridized carbons (Fsp3) is 0.714. The third-order valence-electron chi connectivity index (χ3n) is 4.06. The zero-order chi connectivity index (χ0) is 12.3. The molecule has 3 nitrogen and oxygen atoms in total. The highest BCUT2D eigenvalue weighted by Gasteiger charge is 2.26. The number of hydrogen-bond donors (Lipinski definition) is 2. The summed E-state index contributed by atoms with van der Waals surface area (Å²) >= 11 is 0. The van der Waals surface area contributed by atoms with E-state index in [1.165, 1.54) is 12.0 Å². The normalized spacial score (nSPS) is 23.1. The number of fused-ring (bicyclic) bond motifs is 1. The van der Waals surface area contributed by atoms with Gasteiger partial charge in [-0.2, -0.15) is 0 Å². The highest BCUT2D eigenvalue weighted by molar-refractivity contribution is 5.24. The number of aliphatic hydroxyl groups excluding tert-OH is 1. The first kappa shape index (κ1) is 12.7. The van der Waals surface area contributed by atoms with Gasteiger partial charge in [-0.25, -0.2) is 0 Å². The standard InChI is InChI=1S/C14H23NO2/c1-3-14(2,10-16)9-15-12-5-4-6-13-11(12)7-8-17-13/h7-8,12,15-16H,3-6,9-10H2,1-2H3. The number of nitrogens with one attached hydrogen (secondary N) is 1. The minimum absolute atomic E-state index is 0.0126. The fourth-order valence-electron chi connectivity index (χ4n) is 2.36. The molecule has 0 aliphatic heterocycles. The van der Waals surface area contributed by atoms with E-state index in [0.29, 0.717) is 6.04 Å². The van der Waals surface area contributed by atoms with Gasteiger partial charge in [-0.3, -0.25) is 0 Å². The van der Waals surface area contributed by atoms with Gasteiger partial charge in [0.1, 0.15) is 5.76 Å². The minimum Gasteiger partial charge on any atom is -0.469 e. The number of rotatable bonds is 5. The van der Waals surface area contributed by atoms with E-state index in [9.17, 15) is 5.11 Å². The highest BCUT2D eigenvalue weighted by Crippen LogP contribution is 2.31. The van der Waals surface area contributed by atoms with Crippen LogP contribution in [0.15, 0.2) is 16.7 Å². The van der Waals surface area contributed by atoms with Crippen molar-refractivity contribution < 1.29 is 9.52 Å². The molecule has 1 aromatic rings. The Morgan fingerprint density at radius 3 is 3.12 bits per heavy atom. The van der Waals surface area contributed by atoms with Crippen molar-refractivity contribution in [2.75, 3.05) is 13.2 Å². The first-order chi connectivity index (χ1) is 8.18. The molecule has 0 bridgehead atoms. The van der Waals surface area contributed by atoms with Gasteiger partial charge in [0.15, 0.2) is 0 Å². The third kappa shape index (κ3) is 2.72. The van der Waals surface area contributed by atoms with Crippen LogP contribution in [-0.2, 0) is 6.42 Å². The zero-order valence-corrected chi connectivity index (χ0v) is 10.8. The molecule has 0 fully saturated rings. The average molecular weight is 237 g/mol. The lowest BCUT2D eigenvalue weighted by Gasteiger charge is -2.30. The maximum atomic E-state index is 9.41. The second-order valence-electron chi connectivity index (χ2n) is 5.45. The third-order valence-corrected chi connectivity index (χ3v) is 4.06. The van der Waals surface area contributed by atoms with Gasteiger partial charge in [-0.05, 0) is 25.3 Å². The summed E-state index contributed by atoms with van der Waals surface area (Å²) in [5.41, 5.74) is 1.30. The van der Waals surface area contributed by atoms with Crippen LogP contribution in [0.5, 0.6) is 0 Å². The first-order valence-electron chi connectivity index (χ1n) is 6.59. The number of hydrogen-bond acceptors (Lipinski definition) is 3. The van der Waals surface area contributed by atoms with E-state index >= 15 is 0 Å². The van der Waals surface area contributed by atoms with Crippen molar-refractivity contribution in [3.8, 4) is 0 Å². The SMILES string of the molecule is CCC(C)(CO)CNC1CCCc2occc21. The topological polar surface area (TPSA) is 45.4 Å². The number of furan rings is 1.